The first-order valence-electron chi connectivity index (χ1n) is 5.41. The van der Waals surface area contributed by atoms with Gasteiger partial charge in [-0.2, -0.15) is 0 Å². The van der Waals surface area contributed by atoms with E-state index < -0.39 is 15.7 Å². The van der Waals surface area contributed by atoms with Crippen LogP contribution in [0, 0.1) is 5.82 Å². The molecule has 0 aliphatic heterocycles. The summed E-state index contributed by atoms with van der Waals surface area (Å²) in [6.45, 7) is 0. The molecular formula is C13H11ClFNO2S. The summed E-state index contributed by atoms with van der Waals surface area (Å²) in [5, 5.41) is 0.297. The second kappa shape index (κ2) is 5.19. The molecule has 0 saturated heterocycles. The summed E-state index contributed by atoms with van der Waals surface area (Å²) in [4.78, 5) is 0.0572. The molecule has 0 radical (unpaired) electrons. The molecule has 0 saturated carbocycles. The van der Waals surface area contributed by atoms with E-state index in [2.05, 4.69) is 0 Å². The molecule has 3 nitrogen and oxygen atoms in total. The zero-order valence-corrected chi connectivity index (χ0v) is 11.4. The Bertz CT molecular complexity index is 699. The van der Waals surface area contributed by atoms with Crippen molar-refractivity contribution in [3.05, 3.63) is 58.9 Å². The van der Waals surface area contributed by atoms with Gasteiger partial charge in [0.2, 0.25) is 0 Å². The van der Waals surface area contributed by atoms with Gasteiger partial charge in [0, 0.05) is 10.7 Å². The van der Waals surface area contributed by atoms with Crippen LogP contribution in [0.4, 0.5) is 10.1 Å². The summed E-state index contributed by atoms with van der Waals surface area (Å²) in [7, 11) is -3.56. The molecule has 0 amide bonds. The Hall–Kier alpha value is -1.59. The molecule has 2 aromatic rings. The minimum Gasteiger partial charge on any atom is -0.399 e. The largest absolute Gasteiger partial charge is 0.399 e. The third kappa shape index (κ3) is 3.24. The number of sulfone groups is 1. The third-order valence-corrected chi connectivity index (χ3v) is 4.63. The molecule has 0 bridgehead atoms. The average molecular weight is 300 g/mol. The zero-order chi connectivity index (χ0) is 14.0. The van der Waals surface area contributed by atoms with Gasteiger partial charge < -0.3 is 5.73 Å². The minimum atomic E-state index is -3.56. The Morgan fingerprint density at radius 3 is 2.32 bits per heavy atom. The van der Waals surface area contributed by atoms with Crippen molar-refractivity contribution in [3.63, 3.8) is 0 Å². The van der Waals surface area contributed by atoms with E-state index >= 15 is 0 Å². The van der Waals surface area contributed by atoms with Crippen LogP contribution in [0.2, 0.25) is 5.02 Å². The molecule has 0 aliphatic carbocycles. The Morgan fingerprint density at radius 1 is 1.11 bits per heavy atom. The monoisotopic (exact) mass is 299 g/mol. The van der Waals surface area contributed by atoms with Gasteiger partial charge in [-0.05, 0) is 42.0 Å². The van der Waals surface area contributed by atoms with Gasteiger partial charge in [-0.3, -0.25) is 0 Å². The topological polar surface area (TPSA) is 60.2 Å². The van der Waals surface area contributed by atoms with Crippen LogP contribution < -0.4 is 5.73 Å². The predicted octanol–water partition coefficient (Wildman–Crippen LogP) is 3.04. The minimum absolute atomic E-state index is 0.0572. The number of hydrogen-bond donors (Lipinski definition) is 1. The summed E-state index contributed by atoms with van der Waals surface area (Å²) < 4.78 is 37.1. The highest BCUT2D eigenvalue weighted by Gasteiger charge is 2.17. The first-order chi connectivity index (χ1) is 8.88. The normalized spacial score (nSPS) is 11.5. The molecule has 0 spiro atoms. The molecule has 2 aromatic carbocycles. The molecule has 0 heterocycles. The van der Waals surface area contributed by atoms with Crippen molar-refractivity contribution in [2.45, 2.75) is 10.6 Å². The van der Waals surface area contributed by atoms with Gasteiger partial charge in [-0.1, -0.05) is 17.7 Å². The second-order valence-electron chi connectivity index (χ2n) is 4.06. The van der Waals surface area contributed by atoms with Crippen LogP contribution in [0.15, 0.2) is 47.4 Å². The van der Waals surface area contributed by atoms with Crippen LogP contribution in [-0.2, 0) is 15.6 Å². The van der Waals surface area contributed by atoms with E-state index in [-0.39, 0.29) is 10.6 Å². The zero-order valence-electron chi connectivity index (χ0n) is 9.81. The van der Waals surface area contributed by atoms with Gasteiger partial charge in [-0.15, -0.1) is 0 Å². The van der Waals surface area contributed by atoms with E-state index in [9.17, 15) is 12.8 Å². The molecule has 0 fully saturated rings. The quantitative estimate of drug-likeness (QED) is 0.700. The Balaban J connectivity index is 2.33. The lowest BCUT2D eigenvalue weighted by Gasteiger charge is -2.07. The van der Waals surface area contributed by atoms with E-state index in [0.29, 0.717) is 16.3 Å². The van der Waals surface area contributed by atoms with Crippen molar-refractivity contribution in [2.75, 3.05) is 5.73 Å². The van der Waals surface area contributed by atoms with Gasteiger partial charge in [0.1, 0.15) is 5.82 Å². The molecule has 19 heavy (non-hydrogen) atoms. The Labute approximate surface area is 115 Å². The number of nitrogen functional groups attached to an aromatic ring is 1. The first-order valence-corrected chi connectivity index (χ1v) is 7.44. The maximum atomic E-state index is 12.8. The number of benzene rings is 2. The molecule has 0 aliphatic rings. The van der Waals surface area contributed by atoms with E-state index in [1.54, 1.807) is 12.1 Å². The van der Waals surface area contributed by atoms with Crippen LogP contribution in [-0.4, -0.2) is 8.42 Å². The fourth-order valence-corrected chi connectivity index (χ4v) is 3.32. The van der Waals surface area contributed by atoms with Crippen LogP contribution in [0.1, 0.15) is 5.56 Å². The lowest BCUT2D eigenvalue weighted by molar-refractivity contribution is 0.594. The van der Waals surface area contributed by atoms with E-state index in [0.717, 1.165) is 12.1 Å². The summed E-state index contributed by atoms with van der Waals surface area (Å²) in [5.74, 6) is -0.734. The predicted molar refractivity (Wildman–Crippen MR) is 73.2 cm³/mol. The average Bonchev–Trinajstić information content (AvgIpc) is 2.33. The van der Waals surface area contributed by atoms with E-state index in [4.69, 9.17) is 17.3 Å². The first kappa shape index (κ1) is 13.8. The van der Waals surface area contributed by atoms with Crippen LogP contribution >= 0.6 is 11.6 Å². The summed E-state index contributed by atoms with van der Waals surface area (Å²) in [6.07, 6.45) is 0. The van der Waals surface area contributed by atoms with Crippen molar-refractivity contribution in [1.29, 1.82) is 0 Å². The van der Waals surface area contributed by atoms with Gasteiger partial charge in [-0.25, -0.2) is 12.8 Å². The van der Waals surface area contributed by atoms with Gasteiger partial charge in [0.05, 0.1) is 10.6 Å². The maximum Gasteiger partial charge on any atom is 0.182 e. The second-order valence-corrected chi connectivity index (χ2v) is 6.46. The standard InChI is InChI=1S/C13H11ClFNO2S/c14-13-7-11(16)4-1-9(13)8-19(17,18)12-5-2-10(15)3-6-12/h1-7H,8,16H2. The fourth-order valence-electron chi connectivity index (χ4n) is 1.61. The van der Waals surface area contributed by atoms with E-state index in [1.807, 2.05) is 0 Å². The highest BCUT2D eigenvalue weighted by molar-refractivity contribution is 7.90. The SMILES string of the molecule is Nc1ccc(CS(=O)(=O)c2ccc(F)cc2)c(Cl)c1. The van der Waals surface area contributed by atoms with Crippen molar-refractivity contribution in [1.82, 2.24) is 0 Å². The molecule has 2 N–H and O–H groups in total. The van der Waals surface area contributed by atoms with Crippen molar-refractivity contribution < 1.29 is 12.8 Å². The maximum absolute atomic E-state index is 12.8. The molecule has 100 valence electrons. The molecular weight excluding hydrogens is 289 g/mol. The lowest BCUT2D eigenvalue weighted by Crippen LogP contribution is -2.05. The van der Waals surface area contributed by atoms with Crippen molar-refractivity contribution >= 4 is 27.1 Å². The molecule has 6 heteroatoms. The summed E-state index contributed by atoms with van der Waals surface area (Å²) in [6, 6.07) is 9.33. The molecule has 2 rings (SSSR count). The van der Waals surface area contributed by atoms with E-state index in [1.165, 1.54) is 18.2 Å². The molecule has 0 atom stereocenters. The van der Waals surface area contributed by atoms with Crippen molar-refractivity contribution in [2.24, 2.45) is 0 Å². The number of anilines is 1. The van der Waals surface area contributed by atoms with Crippen molar-refractivity contribution in [3.8, 4) is 0 Å². The summed E-state index contributed by atoms with van der Waals surface area (Å²) >= 11 is 5.94. The Kier molecular flexibility index (Phi) is 3.78. The highest BCUT2D eigenvalue weighted by atomic mass is 35.5. The highest BCUT2D eigenvalue weighted by Crippen LogP contribution is 2.24. The number of halogens is 2. The number of hydrogen-bond acceptors (Lipinski definition) is 3. The van der Waals surface area contributed by atoms with Crippen LogP contribution in [0.3, 0.4) is 0 Å². The number of rotatable bonds is 3. The van der Waals surface area contributed by atoms with Gasteiger partial charge >= 0.3 is 0 Å². The molecule has 0 unspecified atom stereocenters. The summed E-state index contributed by atoms with van der Waals surface area (Å²) in [5.41, 5.74) is 6.47. The van der Waals surface area contributed by atoms with Crippen LogP contribution in [0.5, 0.6) is 0 Å². The fraction of sp³-hybridized carbons (Fsp3) is 0.0769. The number of nitrogens with two attached hydrogens (primary N) is 1. The van der Waals surface area contributed by atoms with Gasteiger partial charge in [0.25, 0.3) is 0 Å². The smallest absolute Gasteiger partial charge is 0.182 e. The van der Waals surface area contributed by atoms with Crippen LogP contribution in [0.25, 0.3) is 0 Å². The Morgan fingerprint density at radius 2 is 1.74 bits per heavy atom. The molecule has 0 aromatic heterocycles. The van der Waals surface area contributed by atoms with Gasteiger partial charge in [0.15, 0.2) is 9.84 Å². The lowest BCUT2D eigenvalue weighted by atomic mass is 10.2. The third-order valence-electron chi connectivity index (χ3n) is 2.60.